The lowest BCUT2D eigenvalue weighted by molar-refractivity contribution is 0.414. The molecular formula is C17H21ClN2O. The van der Waals surface area contributed by atoms with Crippen molar-refractivity contribution in [2.75, 3.05) is 13.7 Å². The first-order valence-corrected chi connectivity index (χ1v) is 7.59. The molecule has 2 rings (SSSR count). The van der Waals surface area contributed by atoms with E-state index in [2.05, 4.69) is 29.4 Å². The van der Waals surface area contributed by atoms with Crippen LogP contribution in [0, 0.1) is 0 Å². The number of nitrogens with zero attached hydrogens (tertiary/aromatic N) is 1. The molecule has 0 bridgehead atoms. The van der Waals surface area contributed by atoms with Crippen LogP contribution in [0.2, 0.25) is 5.02 Å². The van der Waals surface area contributed by atoms with Gasteiger partial charge in [-0.2, -0.15) is 0 Å². The predicted molar refractivity (Wildman–Crippen MR) is 87.0 cm³/mol. The summed E-state index contributed by atoms with van der Waals surface area (Å²) in [5.41, 5.74) is 2.21. The number of hydrogen-bond acceptors (Lipinski definition) is 3. The van der Waals surface area contributed by atoms with Crippen LogP contribution in [0.4, 0.5) is 0 Å². The van der Waals surface area contributed by atoms with E-state index in [0.29, 0.717) is 0 Å². The molecule has 1 aromatic carbocycles. The first-order chi connectivity index (χ1) is 10.2. The Balaban J connectivity index is 2.04. The van der Waals surface area contributed by atoms with E-state index in [-0.39, 0.29) is 6.04 Å². The highest BCUT2D eigenvalue weighted by atomic mass is 35.5. The van der Waals surface area contributed by atoms with Crippen LogP contribution in [0.1, 0.15) is 30.6 Å². The number of halogens is 1. The Labute approximate surface area is 131 Å². The zero-order chi connectivity index (χ0) is 15.1. The highest BCUT2D eigenvalue weighted by Gasteiger charge is 2.14. The van der Waals surface area contributed by atoms with Crippen molar-refractivity contribution in [3.05, 3.63) is 58.9 Å². The number of aromatic nitrogens is 1. The number of methoxy groups -OCH3 is 1. The molecule has 0 amide bonds. The molecule has 112 valence electrons. The number of ether oxygens (including phenoxy) is 1. The summed E-state index contributed by atoms with van der Waals surface area (Å²) in [6.45, 7) is 2.98. The maximum atomic E-state index is 6.26. The first-order valence-electron chi connectivity index (χ1n) is 7.21. The zero-order valence-corrected chi connectivity index (χ0v) is 13.2. The van der Waals surface area contributed by atoms with Crippen LogP contribution >= 0.6 is 11.6 Å². The van der Waals surface area contributed by atoms with Gasteiger partial charge in [0.05, 0.1) is 23.9 Å². The van der Waals surface area contributed by atoms with E-state index >= 15 is 0 Å². The van der Waals surface area contributed by atoms with Crippen molar-refractivity contribution in [2.45, 2.75) is 25.8 Å². The van der Waals surface area contributed by atoms with Crippen LogP contribution in [0.5, 0.6) is 5.75 Å². The van der Waals surface area contributed by atoms with Crippen LogP contribution < -0.4 is 10.1 Å². The molecule has 21 heavy (non-hydrogen) atoms. The Morgan fingerprint density at radius 2 is 2.00 bits per heavy atom. The number of aryl methyl sites for hydroxylation is 1. The number of nitrogens with one attached hydrogen (secondary N) is 1. The molecule has 1 heterocycles. The molecular weight excluding hydrogens is 284 g/mol. The number of benzene rings is 1. The highest BCUT2D eigenvalue weighted by Crippen LogP contribution is 2.24. The van der Waals surface area contributed by atoms with E-state index in [0.717, 1.165) is 35.9 Å². The van der Waals surface area contributed by atoms with E-state index in [1.165, 1.54) is 5.56 Å². The molecule has 0 fully saturated rings. The zero-order valence-electron chi connectivity index (χ0n) is 12.5. The van der Waals surface area contributed by atoms with Crippen molar-refractivity contribution in [3.8, 4) is 5.75 Å². The minimum atomic E-state index is 0.172. The number of pyridine rings is 1. The third-order valence-corrected chi connectivity index (χ3v) is 3.77. The predicted octanol–water partition coefficient (Wildman–Crippen LogP) is 4.03. The second kappa shape index (κ2) is 8.01. The van der Waals surface area contributed by atoms with Gasteiger partial charge in [0.25, 0.3) is 0 Å². The van der Waals surface area contributed by atoms with Crippen molar-refractivity contribution in [1.29, 1.82) is 0 Å². The second-order valence-electron chi connectivity index (χ2n) is 4.87. The van der Waals surface area contributed by atoms with Crippen molar-refractivity contribution in [2.24, 2.45) is 0 Å². The van der Waals surface area contributed by atoms with Gasteiger partial charge in [-0.15, -0.1) is 0 Å². The van der Waals surface area contributed by atoms with Gasteiger partial charge in [-0.05, 0) is 49.2 Å². The van der Waals surface area contributed by atoms with Crippen LogP contribution in [0.3, 0.4) is 0 Å². The summed E-state index contributed by atoms with van der Waals surface area (Å²) in [7, 11) is 1.68. The van der Waals surface area contributed by atoms with Crippen molar-refractivity contribution >= 4 is 11.6 Å². The molecule has 3 nitrogen and oxygen atoms in total. The van der Waals surface area contributed by atoms with E-state index < -0.39 is 0 Å². The van der Waals surface area contributed by atoms with Crippen molar-refractivity contribution < 1.29 is 4.74 Å². The molecule has 1 aromatic heterocycles. The van der Waals surface area contributed by atoms with Gasteiger partial charge in [-0.1, -0.05) is 30.7 Å². The lowest BCUT2D eigenvalue weighted by atomic mass is 10.0. The summed E-state index contributed by atoms with van der Waals surface area (Å²) in [6.07, 6.45) is 3.71. The Morgan fingerprint density at radius 3 is 2.62 bits per heavy atom. The topological polar surface area (TPSA) is 34.1 Å². The van der Waals surface area contributed by atoms with Gasteiger partial charge in [0.15, 0.2) is 0 Å². The Hall–Kier alpha value is -1.58. The summed E-state index contributed by atoms with van der Waals surface area (Å²) in [5, 5.41) is 4.18. The minimum absolute atomic E-state index is 0.172. The van der Waals surface area contributed by atoms with E-state index in [1.54, 1.807) is 13.3 Å². The molecule has 0 aliphatic rings. The fourth-order valence-corrected chi connectivity index (χ4v) is 2.59. The Bertz CT molecular complexity index is 557. The average Bonchev–Trinajstić information content (AvgIpc) is 2.53. The standard InChI is InChI=1S/C17H21ClN2O/c1-3-19-16(17-15(18)5-4-12-20-17)11-8-13-6-9-14(21-2)10-7-13/h4-7,9-10,12,16,19H,3,8,11H2,1-2H3. The van der Waals surface area contributed by atoms with E-state index in [1.807, 2.05) is 24.3 Å². The molecule has 0 saturated carbocycles. The molecule has 0 saturated heterocycles. The third kappa shape index (κ3) is 4.45. The lowest BCUT2D eigenvalue weighted by Gasteiger charge is -2.18. The average molecular weight is 305 g/mol. The monoisotopic (exact) mass is 304 g/mol. The SMILES string of the molecule is CCNC(CCc1ccc(OC)cc1)c1ncccc1Cl. The normalized spacial score (nSPS) is 12.1. The minimum Gasteiger partial charge on any atom is -0.497 e. The number of hydrogen-bond donors (Lipinski definition) is 1. The molecule has 0 aliphatic heterocycles. The molecule has 0 radical (unpaired) electrons. The second-order valence-corrected chi connectivity index (χ2v) is 5.27. The quantitative estimate of drug-likeness (QED) is 0.838. The summed E-state index contributed by atoms with van der Waals surface area (Å²) < 4.78 is 5.18. The van der Waals surface area contributed by atoms with Gasteiger partial charge in [-0.3, -0.25) is 4.98 Å². The Morgan fingerprint density at radius 1 is 1.24 bits per heavy atom. The first kappa shape index (κ1) is 15.8. The van der Waals surface area contributed by atoms with Crippen LogP contribution in [-0.4, -0.2) is 18.6 Å². The Kier molecular flexibility index (Phi) is 6.03. The molecule has 2 aromatic rings. The molecule has 4 heteroatoms. The van der Waals surface area contributed by atoms with Gasteiger partial charge in [0.1, 0.15) is 5.75 Å². The van der Waals surface area contributed by atoms with Gasteiger partial charge in [0.2, 0.25) is 0 Å². The maximum Gasteiger partial charge on any atom is 0.118 e. The number of rotatable bonds is 7. The van der Waals surface area contributed by atoms with Gasteiger partial charge in [-0.25, -0.2) is 0 Å². The van der Waals surface area contributed by atoms with E-state index in [9.17, 15) is 0 Å². The molecule has 1 N–H and O–H groups in total. The summed E-state index contributed by atoms with van der Waals surface area (Å²) in [5.74, 6) is 0.884. The fourth-order valence-electron chi connectivity index (χ4n) is 2.34. The maximum absolute atomic E-state index is 6.26. The van der Waals surface area contributed by atoms with Crippen LogP contribution in [-0.2, 0) is 6.42 Å². The van der Waals surface area contributed by atoms with E-state index in [4.69, 9.17) is 16.3 Å². The van der Waals surface area contributed by atoms with Crippen LogP contribution in [0.25, 0.3) is 0 Å². The fraction of sp³-hybridized carbons (Fsp3) is 0.353. The molecule has 1 unspecified atom stereocenters. The van der Waals surface area contributed by atoms with Gasteiger partial charge < -0.3 is 10.1 Å². The molecule has 0 aliphatic carbocycles. The van der Waals surface area contributed by atoms with Gasteiger partial charge in [0, 0.05) is 6.20 Å². The highest BCUT2D eigenvalue weighted by molar-refractivity contribution is 6.31. The smallest absolute Gasteiger partial charge is 0.118 e. The largest absolute Gasteiger partial charge is 0.497 e. The summed E-state index contributed by atoms with van der Waals surface area (Å²) >= 11 is 6.26. The third-order valence-electron chi connectivity index (χ3n) is 3.45. The van der Waals surface area contributed by atoms with Gasteiger partial charge >= 0.3 is 0 Å². The lowest BCUT2D eigenvalue weighted by Crippen LogP contribution is -2.22. The molecule has 1 atom stereocenters. The van der Waals surface area contributed by atoms with Crippen molar-refractivity contribution in [1.82, 2.24) is 10.3 Å². The van der Waals surface area contributed by atoms with Crippen LogP contribution in [0.15, 0.2) is 42.6 Å². The molecule has 0 spiro atoms. The summed E-state index contributed by atoms with van der Waals surface area (Å²) in [4.78, 5) is 4.42. The van der Waals surface area contributed by atoms with Crippen molar-refractivity contribution in [3.63, 3.8) is 0 Å². The summed E-state index contributed by atoms with van der Waals surface area (Å²) in [6, 6.07) is 12.1.